The summed E-state index contributed by atoms with van der Waals surface area (Å²) in [5.41, 5.74) is 2.20. The summed E-state index contributed by atoms with van der Waals surface area (Å²) in [5, 5.41) is 7.07. The quantitative estimate of drug-likeness (QED) is 0.581. The zero-order valence-electron chi connectivity index (χ0n) is 12.9. The second kappa shape index (κ2) is 5.69. The first kappa shape index (κ1) is 13.7. The number of rotatable bonds is 3. The number of nitrogens with zero attached hydrogens (tertiary/aromatic N) is 2. The Morgan fingerprint density at radius 2 is 1.61 bits per heavy atom. The summed E-state index contributed by atoms with van der Waals surface area (Å²) in [6.07, 6.45) is 1.61. The van der Waals surface area contributed by atoms with Crippen molar-refractivity contribution < 1.29 is 0 Å². The standard InChI is InChI=1S/C20H17N3/c1-14(16-11-10-15-6-2-3-7-17(15)12-16)23-20-18-8-4-5-9-19(18)21-13-22-20/h2-14H,1H3,(H,21,22,23)/t14-/m0/s1. The second-order valence-electron chi connectivity index (χ2n) is 5.71. The van der Waals surface area contributed by atoms with Crippen LogP contribution in [0.15, 0.2) is 73.1 Å². The fourth-order valence-electron chi connectivity index (χ4n) is 2.89. The van der Waals surface area contributed by atoms with Gasteiger partial charge in [-0.15, -0.1) is 0 Å². The van der Waals surface area contributed by atoms with Gasteiger partial charge in [0.2, 0.25) is 0 Å². The van der Waals surface area contributed by atoms with Crippen molar-refractivity contribution in [3.63, 3.8) is 0 Å². The number of nitrogens with one attached hydrogen (secondary N) is 1. The molecule has 4 rings (SSSR count). The Labute approximate surface area is 135 Å². The summed E-state index contributed by atoms with van der Waals surface area (Å²) in [7, 11) is 0. The highest BCUT2D eigenvalue weighted by Crippen LogP contribution is 2.25. The lowest BCUT2D eigenvalue weighted by Crippen LogP contribution is -2.08. The van der Waals surface area contributed by atoms with Crippen LogP contribution in [0.4, 0.5) is 5.82 Å². The van der Waals surface area contributed by atoms with Gasteiger partial charge in [0.05, 0.1) is 5.52 Å². The Morgan fingerprint density at radius 1 is 0.826 bits per heavy atom. The van der Waals surface area contributed by atoms with Crippen LogP contribution in [0.2, 0.25) is 0 Å². The Hall–Kier alpha value is -2.94. The molecule has 4 aromatic rings. The van der Waals surface area contributed by atoms with Gasteiger partial charge in [-0.1, -0.05) is 48.5 Å². The molecule has 0 unspecified atom stereocenters. The van der Waals surface area contributed by atoms with E-state index in [1.165, 1.54) is 16.3 Å². The largest absolute Gasteiger partial charge is 0.363 e. The molecule has 1 heterocycles. The predicted octanol–water partition coefficient (Wildman–Crippen LogP) is 4.96. The van der Waals surface area contributed by atoms with Gasteiger partial charge in [-0.25, -0.2) is 9.97 Å². The van der Waals surface area contributed by atoms with Gasteiger partial charge in [-0.05, 0) is 41.5 Å². The molecule has 3 nitrogen and oxygen atoms in total. The van der Waals surface area contributed by atoms with E-state index in [2.05, 4.69) is 64.7 Å². The van der Waals surface area contributed by atoms with E-state index < -0.39 is 0 Å². The summed E-state index contributed by atoms with van der Waals surface area (Å²) in [4.78, 5) is 8.72. The molecule has 3 heteroatoms. The zero-order chi connectivity index (χ0) is 15.6. The molecule has 0 saturated carbocycles. The van der Waals surface area contributed by atoms with Crippen molar-refractivity contribution >= 4 is 27.5 Å². The third-order valence-electron chi connectivity index (χ3n) is 4.17. The fourth-order valence-corrected chi connectivity index (χ4v) is 2.89. The van der Waals surface area contributed by atoms with Crippen molar-refractivity contribution in [1.29, 1.82) is 0 Å². The molecule has 0 saturated heterocycles. The molecule has 0 aliphatic heterocycles. The van der Waals surface area contributed by atoms with E-state index in [9.17, 15) is 0 Å². The van der Waals surface area contributed by atoms with Crippen molar-refractivity contribution in [3.8, 4) is 0 Å². The molecule has 1 N–H and O–H groups in total. The SMILES string of the molecule is C[C@H](Nc1ncnc2ccccc12)c1ccc2ccccc2c1. The Kier molecular flexibility index (Phi) is 3.39. The Morgan fingerprint density at radius 3 is 2.52 bits per heavy atom. The fraction of sp³-hybridized carbons (Fsp3) is 0.100. The van der Waals surface area contributed by atoms with Gasteiger partial charge in [-0.2, -0.15) is 0 Å². The summed E-state index contributed by atoms with van der Waals surface area (Å²) >= 11 is 0. The monoisotopic (exact) mass is 299 g/mol. The lowest BCUT2D eigenvalue weighted by molar-refractivity contribution is 0.878. The number of fused-ring (bicyclic) bond motifs is 2. The number of hydrogen-bond acceptors (Lipinski definition) is 3. The minimum atomic E-state index is 0.165. The predicted molar refractivity (Wildman–Crippen MR) is 95.5 cm³/mol. The van der Waals surface area contributed by atoms with Gasteiger partial charge >= 0.3 is 0 Å². The van der Waals surface area contributed by atoms with Crippen LogP contribution in [0.1, 0.15) is 18.5 Å². The lowest BCUT2D eigenvalue weighted by Gasteiger charge is -2.16. The summed E-state index contributed by atoms with van der Waals surface area (Å²) in [6.45, 7) is 2.15. The van der Waals surface area contributed by atoms with Crippen LogP contribution in [-0.4, -0.2) is 9.97 Å². The van der Waals surface area contributed by atoms with Crippen LogP contribution in [0.25, 0.3) is 21.7 Å². The van der Waals surface area contributed by atoms with E-state index >= 15 is 0 Å². The summed E-state index contributed by atoms with van der Waals surface area (Å²) in [5.74, 6) is 0.872. The topological polar surface area (TPSA) is 37.8 Å². The maximum Gasteiger partial charge on any atom is 0.137 e. The van der Waals surface area contributed by atoms with Crippen LogP contribution in [0.3, 0.4) is 0 Å². The van der Waals surface area contributed by atoms with Crippen LogP contribution in [-0.2, 0) is 0 Å². The first-order valence-electron chi connectivity index (χ1n) is 7.76. The Balaban J connectivity index is 1.69. The van der Waals surface area contributed by atoms with Crippen LogP contribution < -0.4 is 5.32 Å². The van der Waals surface area contributed by atoms with E-state index in [-0.39, 0.29) is 6.04 Å². The van der Waals surface area contributed by atoms with Crippen molar-refractivity contribution in [2.24, 2.45) is 0 Å². The highest BCUT2D eigenvalue weighted by molar-refractivity contribution is 5.89. The third kappa shape index (κ3) is 2.61. The molecule has 112 valence electrons. The number of benzene rings is 3. The zero-order valence-corrected chi connectivity index (χ0v) is 12.9. The molecule has 1 aromatic heterocycles. The van der Waals surface area contributed by atoms with Crippen molar-refractivity contribution in [2.75, 3.05) is 5.32 Å². The molecule has 1 atom stereocenters. The maximum atomic E-state index is 4.41. The molecule has 23 heavy (non-hydrogen) atoms. The number of anilines is 1. The molecule has 0 radical (unpaired) electrons. The van der Waals surface area contributed by atoms with Crippen LogP contribution in [0.5, 0.6) is 0 Å². The van der Waals surface area contributed by atoms with E-state index in [0.717, 1.165) is 16.7 Å². The van der Waals surface area contributed by atoms with E-state index in [4.69, 9.17) is 0 Å². The average Bonchev–Trinajstić information content (AvgIpc) is 2.61. The first-order valence-corrected chi connectivity index (χ1v) is 7.76. The Bertz CT molecular complexity index is 973. The smallest absolute Gasteiger partial charge is 0.137 e. The lowest BCUT2D eigenvalue weighted by atomic mass is 10.0. The van der Waals surface area contributed by atoms with Gasteiger partial charge in [0.1, 0.15) is 12.1 Å². The number of para-hydroxylation sites is 1. The number of aromatic nitrogens is 2. The summed E-state index contributed by atoms with van der Waals surface area (Å²) in [6, 6.07) is 23.2. The molecule has 0 spiro atoms. The first-order chi connectivity index (χ1) is 11.3. The van der Waals surface area contributed by atoms with Gasteiger partial charge in [0.25, 0.3) is 0 Å². The third-order valence-corrected chi connectivity index (χ3v) is 4.17. The molecule has 0 amide bonds. The molecular formula is C20H17N3. The van der Waals surface area contributed by atoms with E-state index in [1.54, 1.807) is 6.33 Å². The van der Waals surface area contributed by atoms with Gasteiger partial charge < -0.3 is 5.32 Å². The average molecular weight is 299 g/mol. The molecule has 0 aliphatic carbocycles. The summed E-state index contributed by atoms with van der Waals surface area (Å²) < 4.78 is 0. The highest BCUT2D eigenvalue weighted by Gasteiger charge is 2.09. The van der Waals surface area contributed by atoms with Crippen molar-refractivity contribution in [3.05, 3.63) is 78.6 Å². The van der Waals surface area contributed by atoms with Crippen LogP contribution >= 0.6 is 0 Å². The highest BCUT2D eigenvalue weighted by atomic mass is 15.0. The normalized spacial score (nSPS) is 12.4. The van der Waals surface area contributed by atoms with E-state index in [0.29, 0.717) is 0 Å². The van der Waals surface area contributed by atoms with Crippen molar-refractivity contribution in [2.45, 2.75) is 13.0 Å². The maximum absolute atomic E-state index is 4.41. The minimum absolute atomic E-state index is 0.165. The van der Waals surface area contributed by atoms with Gasteiger partial charge in [0.15, 0.2) is 0 Å². The van der Waals surface area contributed by atoms with E-state index in [1.807, 2.05) is 24.3 Å². The van der Waals surface area contributed by atoms with Crippen molar-refractivity contribution in [1.82, 2.24) is 9.97 Å². The number of hydrogen-bond donors (Lipinski definition) is 1. The van der Waals surface area contributed by atoms with Gasteiger partial charge in [-0.3, -0.25) is 0 Å². The molecule has 0 aliphatic rings. The molecular weight excluding hydrogens is 282 g/mol. The molecule has 0 bridgehead atoms. The van der Waals surface area contributed by atoms with Crippen LogP contribution in [0, 0.1) is 0 Å². The minimum Gasteiger partial charge on any atom is -0.363 e. The van der Waals surface area contributed by atoms with Gasteiger partial charge in [0, 0.05) is 11.4 Å². The molecule has 0 fully saturated rings. The second-order valence-corrected chi connectivity index (χ2v) is 5.71. The molecule has 3 aromatic carbocycles.